The Hall–Kier alpha value is -1.03. The van der Waals surface area contributed by atoms with Gasteiger partial charge in [-0.15, -0.1) is 0 Å². The molecule has 0 spiro atoms. The summed E-state index contributed by atoms with van der Waals surface area (Å²) in [6.07, 6.45) is 1.16. The first-order valence-corrected chi connectivity index (χ1v) is 7.93. The highest BCUT2D eigenvalue weighted by molar-refractivity contribution is 6.37. The summed E-state index contributed by atoms with van der Waals surface area (Å²) in [6, 6.07) is 5.15. The molecule has 0 aromatic heterocycles. The number of carbonyl (C=O) groups is 1. The van der Waals surface area contributed by atoms with E-state index in [9.17, 15) is 4.79 Å². The molecule has 0 bridgehead atoms. The van der Waals surface area contributed by atoms with Gasteiger partial charge >= 0.3 is 0 Å². The van der Waals surface area contributed by atoms with Crippen molar-refractivity contribution in [1.82, 2.24) is 0 Å². The predicted molar refractivity (Wildman–Crippen MR) is 89.2 cm³/mol. The Balaban J connectivity index is 2.45. The molecule has 2 rings (SSSR count). The molecule has 3 nitrogen and oxygen atoms in total. The van der Waals surface area contributed by atoms with E-state index in [0.717, 1.165) is 0 Å². The summed E-state index contributed by atoms with van der Waals surface area (Å²) >= 11 is 12.2. The maximum atomic E-state index is 12.6. The molecule has 0 radical (unpaired) electrons. The van der Waals surface area contributed by atoms with Crippen molar-refractivity contribution in [2.75, 3.05) is 20.3 Å². The van der Waals surface area contributed by atoms with Crippen molar-refractivity contribution < 1.29 is 14.3 Å². The van der Waals surface area contributed by atoms with Crippen LogP contribution >= 0.6 is 23.2 Å². The molecular formula is C17H20Cl2O3. The van der Waals surface area contributed by atoms with Crippen molar-refractivity contribution in [2.24, 2.45) is 5.41 Å². The number of Topliss-reactive ketones (excluding diaryl/α,β-unsaturated/α-hetero) is 1. The normalized spacial score (nSPS) is 17.8. The van der Waals surface area contributed by atoms with E-state index in [0.29, 0.717) is 53.0 Å². The number of methoxy groups -OCH3 is 1. The molecule has 1 aromatic carbocycles. The highest BCUT2D eigenvalue weighted by Crippen LogP contribution is 2.42. The minimum absolute atomic E-state index is 0.0490. The fourth-order valence-corrected chi connectivity index (χ4v) is 3.13. The Labute approximate surface area is 141 Å². The van der Waals surface area contributed by atoms with E-state index >= 15 is 0 Å². The number of rotatable bonds is 5. The third-order valence-corrected chi connectivity index (χ3v) is 4.15. The van der Waals surface area contributed by atoms with E-state index in [1.165, 1.54) is 0 Å². The molecule has 5 heteroatoms. The zero-order valence-corrected chi connectivity index (χ0v) is 14.6. The van der Waals surface area contributed by atoms with Crippen LogP contribution in [0.5, 0.6) is 0 Å². The van der Waals surface area contributed by atoms with Gasteiger partial charge in [-0.3, -0.25) is 4.79 Å². The number of ketones is 1. The van der Waals surface area contributed by atoms with Crippen LogP contribution < -0.4 is 0 Å². The van der Waals surface area contributed by atoms with Crippen molar-refractivity contribution in [2.45, 2.75) is 26.7 Å². The highest BCUT2D eigenvalue weighted by atomic mass is 35.5. The molecule has 0 aliphatic heterocycles. The SMILES string of the molecule is COCCOC1=C(c2ccc(Cl)cc2Cl)C(=O)CC(C)(C)C1. The van der Waals surface area contributed by atoms with Crippen LogP contribution in [0.4, 0.5) is 0 Å². The van der Waals surface area contributed by atoms with E-state index in [2.05, 4.69) is 13.8 Å². The quantitative estimate of drug-likeness (QED) is 0.724. The summed E-state index contributed by atoms with van der Waals surface area (Å²) in [5, 5.41) is 1.00. The smallest absolute Gasteiger partial charge is 0.167 e. The van der Waals surface area contributed by atoms with E-state index in [4.69, 9.17) is 32.7 Å². The molecule has 0 atom stereocenters. The van der Waals surface area contributed by atoms with Gasteiger partial charge in [0.2, 0.25) is 0 Å². The van der Waals surface area contributed by atoms with E-state index < -0.39 is 0 Å². The van der Waals surface area contributed by atoms with Crippen molar-refractivity contribution in [3.8, 4) is 0 Å². The lowest BCUT2D eigenvalue weighted by Crippen LogP contribution is -2.26. The summed E-state index contributed by atoms with van der Waals surface area (Å²) in [7, 11) is 1.62. The summed E-state index contributed by atoms with van der Waals surface area (Å²) in [5.41, 5.74) is 1.12. The van der Waals surface area contributed by atoms with Crippen LogP contribution in [0.15, 0.2) is 24.0 Å². The lowest BCUT2D eigenvalue weighted by Gasteiger charge is -2.32. The minimum atomic E-state index is -0.123. The molecule has 0 heterocycles. The van der Waals surface area contributed by atoms with Crippen molar-refractivity contribution in [3.05, 3.63) is 39.6 Å². The largest absolute Gasteiger partial charge is 0.495 e. The topological polar surface area (TPSA) is 35.5 Å². The fourth-order valence-electron chi connectivity index (χ4n) is 2.63. The molecule has 1 aliphatic rings. The molecule has 0 N–H and O–H groups in total. The summed E-state index contributed by atoms with van der Waals surface area (Å²) in [6.45, 7) is 5.00. The van der Waals surface area contributed by atoms with Crippen LogP contribution in [-0.2, 0) is 14.3 Å². The standard InChI is InChI=1S/C17H20Cl2O3/c1-17(2)9-14(20)16(15(10-17)22-7-6-21-3)12-5-4-11(18)8-13(12)19/h4-5,8H,6-7,9-10H2,1-3H3. The van der Waals surface area contributed by atoms with Crippen LogP contribution in [0.25, 0.3) is 5.57 Å². The molecule has 0 saturated carbocycles. The zero-order chi connectivity index (χ0) is 16.3. The second-order valence-corrected chi connectivity index (χ2v) is 7.05. The third-order valence-electron chi connectivity index (χ3n) is 3.60. The Morgan fingerprint density at radius 3 is 2.55 bits per heavy atom. The second-order valence-electron chi connectivity index (χ2n) is 6.20. The molecule has 120 valence electrons. The summed E-state index contributed by atoms with van der Waals surface area (Å²) in [4.78, 5) is 12.6. The van der Waals surface area contributed by atoms with Gasteiger partial charge in [0.25, 0.3) is 0 Å². The first-order valence-electron chi connectivity index (χ1n) is 7.17. The van der Waals surface area contributed by atoms with Crippen LogP contribution in [0.1, 0.15) is 32.3 Å². The van der Waals surface area contributed by atoms with Crippen LogP contribution in [0.2, 0.25) is 10.0 Å². The van der Waals surface area contributed by atoms with Gasteiger partial charge in [0.15, 0.2) is 5.78 Å². The first-order chi connectivity index (χ1) is 10.3. The van der Waals surface area contributed by atoms with Crippen LogP contribution in [-0.4, -0.2) is 26.1 Å². The number of hydrogen-bond donors (Lipinski definition) is 0. The van der Waals surface area contributed by atoms with Gasteiger partial charge in [0, 0.05) is 30.5 Å². The van der Waals surface area contributed by atoms with Gasteiger partial charge in [-0.25, -0.2) is 0 Å². The molecule has 22 heavy (non-hydrogen) atoms. The lowest BCUT2D eigenvalue weighted by molar-refractivity contribution is -0.116. The second kappa shape index (κ2) is 7.03. The highest BCUT2D eigenvalue weighted by Gasteiger charge is 2.35. The van der Waals surface area contributed by atoms with E-state index in [-0.39, 0.29) is 11.2 Å². The molecule has 0 saturated heterocycles. The Morgan fingerprint density at radius 2 is 1.91 bits per heavy atom. The minimum Gasteiger partial charge on any atom is -0.495 e. The number of carbonyl (C=O) groups excluding carboxylic acids is 1. The van der Waals surface area contributed by atoms with Crippen molar-refractivity contribution >= 4 is 34.6 Å². The predicted octanol–water partition coefficient (Wildman–Crippen LogP) is 4.76. The Kier molecular flexibility index (Phi) is 5.54. The maximum Gasteiger partial charge on any atom is 0.167 e. The third kappa shape index (κ3) is 4.03. The van der Waals surface area contributed by atoms with E-state index in [1.807, 2.05) is 0 Å². The molecule has 1 aliphatic carbocycles. The van der Waals surface area contributed by atoms with Crippen LogP contribution in [0, 0.1) is 5.41 Å². The average molecular weight is 343 g/mol. The van der Waals surface area contributed by atoms with Crippen LogP contribution in [0.3, 0.4) is 0 Å². The molecule has 1 aromatic rings. The van der Waals surface area contributed by atoms with Gasteiger partial charge in [-0.2, -0.15) is 0 Å². The number of allylic oxidation sites excluding steroid dienone is 2. The molecule has 0 fully saturated rings. The number of benzene rings is 1. The van der Waals surface area contributed by atoms with Gasteiger partial charge in [-0.05, 0) is 17.5 Å². The van der Waals surface area contributed by atoms with E-state index in [1.54, 1.807) is 25.3 Å². The number of ether oxygens (including phenoxy) is 2. The number of hydrogen-bond acceptors (Lipinski definition) is 3. The average Bonchev–Trinajstić information content (AvgIpc) is 2.39. The van der Waals surface area contributed by atoms with Gasteiger partial charge < -0.3 is 9.47 Å². The Bertz CT molecular complexity index is 606. The number of halogens is 2. The van der Waals surface area contributed by atoms with Gasteiger partial charge in [0.05, 0.1) is 17.2 Å². The zero-order valence-electron chi connectivity index (χ0n) is 13.0. The fraction of sp³-hybridized carbons (Fsp3) is 0.471. The Morgan fingerprint density at radius 1 is 1.18 bits per heavy atom. The molecule has 0 amide bonds. The van der Waals surface area contributed by atoms with Crippen molar-refractivity contribution in [1.29, 1.82) is 0 Å². The van der Waals surface area contributed by atoms with Gasteiger partial charge in [-0.1, -0.05) is 43.1 Å². The first kappa shape index (κ1) is 17.3. The molecular weight excluding hydrogens is 323 g/mol. The van der Waals surface area contributed by atoms with Gasteiger partial charge in [0.1, 0.15) is 12.4 Å². The monoisotopic (exact) mass is 342 g/mol. The maximum absolute atomic E-state index is 12.6. The summed E-state index contributed by atoms with van der Waals surface area (Å²) < 4.78 is 10.8. The summed E-state index contributed by atoms with van der Waals surface area (Å²) in [5.74, 6) is 0.732. The van der Waals surface area contributed by atoms with Crippen molar-refractivity contribution in [3.63, 3.8) is 0 Å². The molecule has 0 unspecified atom stereocenters. The lowest BCUT2D eigenvalue weighted by atomic mass is 9.75.